The lowest BCUT2D eigenvalue weighted by Gasteiger charge is -2.38. The summed E-state index contributed by atoms with van der Waals surface area (Å²) in [6.45, 7) is 3.97. The molecule has 2 aromatic carbocycles. The molecule has 2 aromatic rings. The zero-order valence-corrected chi connectivity index (χ0v) is 18.9. The lowest BCUT2D eigenvalue weighted by molar-refractivity contribution is -0.948. The van der Waals surface area contributed by atoms with E-state index in [1.165, 1.54) is 21.6 Å². The van der Waals surface area contributed by atoms with E-state index in [1.807, 2.05) is 12.1 Å². The predicted molar refractivity (Wildman–Crippen MR) is 119 cm³/mol. The van der Waals surface area contributed by atoms with Crippen molar-refractivity contribution in [3.63, 3.8) is 0 Å². The highest BCUT2D eigenvalue weighted by molar-refractivity contribution is 5.81. The Bertz CT molecular complexity index is 941. The topological polar surface area (TPSA) is 61.2 Å². The molecule has 0 saturated heterocycles. The van der Waals surface area contributed by atoms with Crippen LogP contribution < -0.4 is 24.4 Å². The van der Waals surface area contributed by atoms with Gasteiger partial charge in [0.15, 0.2) is 11.5 Å². The number of rotatable bonds is 8. The van der Waals surface area contributed by atoms with Crippen LogP contribution in [-0.2, 0) is 17.8 Å². The van der Waals surface area contributed by atoms with Gasteiger partial charge in [-0.1, -0.05) is 12.1 Å². The van der Waals surface area contributed by atoms with Crippen molar-refractivity contribution in [1.82, 2.24) is 5.32 Å². The van der Waals surface area contributed by atoms with Crippen molar-refractivity contribution < 1.29 is 23.9 Å². The zero-order valence-electron chi connectivity index (χ0n) is 18.9. The Morgan fingerprint density at radius 3 is 2.52 bits per heavy atom. The summed E-state index contributed by atoms with van der Waals surface area (Å²) in [4.78, 5) is 14.0. The number of hydrogen-bond donors (Lipinski definition) is 2. The average molecular weight is 426 g/mol. The second-order valence-corrected chi connectivity index (χ2v) is 8.64. The number of amides is 1. The van der Waals surface area contributed by atoms with Crippen molar-refractivity contribution in [1.29, 1.82) is 0 Å². The summed E-state index contributed by atoms with van der Waals surface area (Å²) in [5, 5.41) is 3.30. The van der Waals surface area contributed by atoms with E-state index >= 15 is 0 Å². The molecular formula is C25H33N2O4+. The lowest BCUT2D eigenvalue weighted by Crippen LogP contribution is -3.13. The Balaban J connectivity index is 1.67. The second kappa shape index (κ2) is 9.18. The molecule has 0 bridgehead atoms. The lowest BCUT2D eigenvalue weighted by atomic mass is 9.87. The Morgan fingerprint density at radius 1 is 1.10 bits per heavy atom. The first-order chi connectivity index (χ1) is 15.0. The van der Waals surface area contributed by atoms with Crippen molar-refractivity contribution in [2.75, 3.05) is 27.9 Å². The Morgan fingerprint density at radius 2 is 1.84 bits per heavy atom. The van der Waals surface area contributed by atoms with Gasteiger partial charge in [-0.15, -0.1) is 0 Å². The summed E-state index contributed by atoms with van der Waals surface area (Å²) in [5.41, 5.74) is 3.72. The molecule has 4 rings (SSSR count). The molecule has 166 valence electrons. The number of fused-ring (bicyclic) bond motifs is 1. The van der Waals surface area contributed by atoms with Crippen LogP contribution in [0.3, 0.4) is 0 Å². The van der Waals surface area contributed by atoms with Gasteiger partial charge in [-0.3, -0.25) is 4.79 Å². The molecule has 0 radical (unpaired) electrons. The summed E-state index contributed by atoms with van der Waals surface area (Å²) in [6.07, 6.45) is 2.96. The maximum atomic E-state index is 12.6. The van der Waals surface area contributed by atoms with Crippen molar-refractivity contribution >= 4 is 5.91 Å². The largest absolute Gasteiger partial charge is 0.497 e. The molecule has 1 unspecified atom stereocenters. The van der Waals surface area contributed by atoms with Gasteiger partial charge in [0.05, 0.1) is 33.9 Å². The van der Waals surface area contributed by atoms with Gasteiger partial charge < -0.3 is 24.4 Å². The number of hydrogen-bond acceptors (Lipinski definition) is 4. The molecule has 1 heterocycles. The smallest absolute Gasteiger partial charge is 0.223 e. The number of nitrogens with one attached hydrogen (secondary N) is 2. The maximum absolute atomic E-state index is 12.6. The quantitative estimate of drug-likeness (QED) is 0.682. The number of methoxy groups -OCH3 is 3. The van der Waals surface area contributed by atoms with Crippen LogP contribution in [0.1, 0.15) is 42.5 Å². The second-order valence-electron chi connectivity index (χ2n) is 8.64. The van der Waals surface area contributed by atoms with Gasteiger partial charge in [-0.05, 0) is 49.6 Å². The molecule has 6 nitrogen and oxygen atoms in total. The van der Waals surface area contributed by atoms with Crippen LogP contribution in [0.5, 0.6) is 17.2 Å². The van der Waals surface area contributed by atoms with Crippen molar-refractivity contribution in [3.05, 3.63) is 53.1 Å². The molecule has 2 aliphatic rings. The van der Waals surface area contributed by atoms with Crippen LogP contribution >= 0.6 is 0 Å². The number of ether oxygens (including phenoxy) is 3. The molecule has 31 heavy (non-hydrogen) atoms. The molecule has 0 spiro atoms. The first kappa shape index (κ1) is 21.5. The number of carbonyl (C=O) groups excluding carboxylic acids is 1. The summed E-state index contributed by atoms with van der Waals surface area (Å²) in [5.74, 6) is 2.73. The van der Waals surface area contributed by atoms with Crippen molar-refractivity contribution in [3.8, 4) is 17.2 Å². The third kappa shape index (κ3) is 4.64. The molecule has 1 fully saturated rings. The Labute approximate surface area is 184 Å². The third-order valence-electron chi connectivity index (χ3n) is 6.52. The highest BCUT2D eigenvalue weighted by Gasteiger charge is 2.39. The third-order valence-corrected chi connectivity index (χ3v) is 6.52. The van der Waals surface area contributed by atoms with Crippen LogP contribution in [0.25, 0.3) is 0 Å². The van der Waals surface area contributed by atoms with Crippen molar-refractivity contribution in [2.24, 2.45) is 5.92 Å². The molecular weight excluding hydrogens is 392 g/mol. The SMILES string of the molecule is COc1cccc(C[NH+]2CCc3cc(OC)c(OC)cc3[C@@H]2[C@H](C)NC(=O)C2CC2)c1. The van der Waals surface area contributed by atoms with E-state index in [2.05, 4.69) is 36.5 Å². The maximum Gasteiger partial charge on any atom is 0.223 e. The molecule has 1 amide bonds. The van der Waals surface area contributed by atoms with Gasteiger partial charge in [-0.2, -0.15) is 0 Å². The van der Waals surface area contributed by atoms with Crippen molar-refractivity contribution in [2.45, 2.75) is 44.8 Å². The highest BCUT2D eigenvalue weighted by atomic mass is 16.5. The molecule has 3 atom stereocenters. The first-order valence-corrected chi connectivity index (χ1v) is 11.1. The van der Waals surface area contributed by atoms with E-state index < -0.39 is 0 Å². The number of carbonyl (C=O) groups is 1. The van der Waals surface area contributed by atoms with Gasteiger partial charge in [0.2, 0.25) is 5.91 Å². The molecule has 6 heteroatoms. The molecule has 0 aromatic heterocycles. The average Bonchev–Trinajstić information content (AvgIpc) is 3.63. The zero-order chi connectivity index (χ0) is 22.0. The van der Waals surface area contributed by atoms with E-state index in [9.17, 15) is 4.79 Å². The fraction of sp³-hybridized carbons (Fsp3) is 0.480. The standard InChI is InChI=1S/C25H32N2O4/c1-16(26-25(28)18-8-9-18)24-21-14-23(31-4)22(30-3)13-19(21)10-11-27(24)15-17-6-5-7-20(12-17)29-2/h5-7,12-14,16,18,24H,8-11,15H2,1-4H3,(H,26,28)/p+1/t16-,24-/m0/s1. The minimum absolute atomic E-state index is 0.00542. The van der Waals surface area contributed by atoms with Gasteiger partial charge in [0.25, 0.3) is 0 Å². The summed E-state index contributed by atoms with van der Waals surface area (Å²) in [7, 11) is 5.03. The summed E-state index contributed by atoms with van der Waals surface area (Å²) < 4.78 is 16.6. The van der Waals surface area contributed by atoms with E-state index in [-0.39, 0.29) is 23.9 Å². The normalized spacial score (nSPS) is 21.0. The number of quaternary nitrogens is 1. The Kier molecular flexibility index (Phi) is 6.37. The minimum Gasteiger partial charge on any atom is -0.497 e. The molecule has 1 aliphatic heterocycles. The van der Waals surface area contributed by atoms with E-state index in [0.29, 0.717) is 0 Å². The fourth-order valence-electron chi connectivity index (χ4n) is 4.75. The molecule has 1 aliphatic carbocycles. The van der Waals surface area contributed by atoms with E-state index in [4.69, 9.17) is 14.2 Å². The monoisotopic (exact) mass is 425 g/mol. The first-order valence-electron chi connectivity index (χ1n) is 11.1. The van der Waals surface area contributed by atoms with Gasteiger partial charge in [0.1, 0.15) is 18.3 Å². The molecule has 2 N–H and O–H groups in total. The Hall–Kier alpha value is -2.73. The van der Waals surface area contributed by atoms with E-state index in [0.717, 1.165) is 49.6 Å². The van der Waals surface area contributed by atoms with Gasteiger partial charge in [-0.25, -0.2) is 0 Å². The van der Waals surface area contributed by atoms with E-state index in [1.54, 1.807) is 21.3 Å². The van der Waals surface area contributed by atoms with Crippen LogP contribution in [0.2, 0.25) is 0 Å². The minimum atomic E-state index is 0.00542. The predicted octanol–water partition coefficient (Wildman–Crippen LogP) is 2.31. The van der Waals surface area contributed by atoms with Gasteiger partial charge in [0, 0.05) is 23.5 Å². The summed E-state index contributed by atoms with van der Waals surface area (Å²) >= 11 is 0. The van der Waals surface area contributed by atoms with Crippen LogP contribution in [0.4, 0.5) is 0 Å². The van der Waals surface area contributed by atoms with Crippen LogP contribution in [-0.4, -0.2) is 39.8 Å². The fourth-order valence-corrected chi connectivity index (χ4v) is 4.75. The van der Waals surface area contributed by atoms with Gasteiger partial charge >= 0.3 is 0 Å². The summed E-state index contributed by atoms with van der Waals surface area (Å²) in [6, 6.07) is 12.6. The van der Waals surface area contributed by atoms with Crippen LogP contribution in [0.15, 0.2) is 36.4 Å². The molecule has 1 saturated carbocycles. The van der Waals surface area contributed by atoms with Crippen LogP contribution in [0, 0.1) is 5.92 Å². The highest BCUT2D eigenvalue weighted by Crippen LogP contribution is 2.35. The number of benzene rings is 2.